The number of rotatable bonds is 5. The minimum atomic E-state index is -3.64. The fraction of sp³-hybridized carbons (Fsp3) is 0.526. The van der Waals surface area contributed by atoms with E-state index in [-0.39, 0.29) is 5.92 Å². The minimum absolute atomic E-state index is 0.229. The summed E-state index contributed by atoms with van der Waals surface area (Å²) in [5.74, 6) is 0.689. The molecule has 1 aromatic heterocycles. The van der Waals surface area contributed by atoms with Crippen LogP contribution in [0.3, 0.4) is 0 Å². The van der Waals surface area contributed by atoms with Gasteiger partial charge in [0.25, 0.3) is 0 Å². The van der Waals surface area contributed by atoms with Crippen LogP contribution in [-0.4, -0.2) is 25.1 Å². The molecule has 134 valence electrons. The van der Waals surface area contributed by atoms with Gasteiger partial charge in [-0.3, -0.25) is 4.98 Å². The van der Waals surface area contributed by atoms with Crippen LogP contribution < -0.4 is 4.72 Å². The highest BCUT2D eigenvalue weighted by atomic mass is 32.2. The molecular formula is C19H24N2O3S. The number of pyridine rings is 1. The zero-order valence-electron chi connectivity index (χ0n) is 14.6. The number of aliphatic hydroxyl groups is 1. The molecule has 1 saturated carbocycles. The van der Waals surface area contributed by atoms with Crippen LogP contribution in [-0.2, 0) is 16.4 Å². The molecule has 1 unspecified atom stereocenters. The largest absolute Gasteiger partial charge is 0.388 e. The highest BCUT2D eigenvalue weighted by Crippen LogP contribution is 2.43. The maximum atomic E-state index is 13.1. The normalized spacial score (nSPS) is 20.4. The molecule has 4 rings (SSSR count). The predicted molar refractivity (Wildman–Crippen MR) is 97.0 cm³/mol. The molecule has 1 atom stereocenters. The van der Waals surface area contributed by atoms with Gasteiger partial charge >= 0.3 is 0 Å². The summed E-state index contributed by atoms with van der Waals surface area (Å²) in [6.07, 6.45) is 4.57. The van der Waals surface area contributed by atoms with E-state index in [9.17, 15) is 13.5 Å². The van der Waals surface area contributed by atoms with Gasteiger partial charge in [0.2, 0.25) is 10.0 Å². The van der Waals surface area contributed by atoms with Crippen molar-refractivity contribution < 1.29 is 13.5 Å². The number of hydrogen-bond donors (Lipinski definition) is 2. The van der Waals surface area contributed by atoms with Crippen molar-refractivity contribution in [2.24, 2.45) is 5.92 Å². The Bertz CT molecular complexity index is 933. The van der Waals surface area contributed by atoms with E-state index in [0.29, 0.717) is 30.2 Å². The zero-order chi connectivity index (χ0) is 17.8. The molecule has 1 aromatic carbocycles. The maximum Gasteiger partial charge on any atom is 0.241 e. The highest BCUT2D eigenvalue weighted by Gasteiger charge is 2.32. The Morgan fingerprint density at radius 2 is 2.04 bits per heavy atom. The van der Waals surface area contributed by atoms with E-state index in [2.05, 4.69) is 9.71 Å². The molecule has 2 aliphatic carbocycles. The molecule has 2 aromatic rings. The summed E-state index contributed by atoms with van der Waals surface area (Å²) in [6, 6.07) is 3.86. The van der Waals surface area contributed by atoms with Gasteiger partial charge in [0.15, 0.2) is 0 Å². The number of benzene rings is 1. The van der Waals surface area contributed by atoms with Gasteiger partial charge < -0.3 is 5.11 Å². The Morgan fingerprint density at radius 3 is 2.72 bits per heavy atom. The Labute approximate surface area is 148 Å². The van der Waals surface area contributed by atoms with Gasteiger partial charge in [0.05, 0.1) is 11.0 Å². The number of fused-ring (bicyclic) bond motifs is 2. The van der Waals surface area contributed by atoms with E-state index in [4.69, 9.17) is 0 Å². The quantitative estimate of drug-likeness (QED) is 0.859. The number of nitrogens with one attached hydrogen (secondary N) is 1. The first-order chi connectivity index (χ1) is 11.9. The van der Waals surface area contributed by atoms with Crippen LogP contribution in [0, 0.1) is 5.92 Å². The summed E-state index contributed by atoms with van der Waals surface area (Å²) in [6.45, 7) is 4.36. The number of aliphatic hydroxyl groups excluding tert-OH is 1. The molecule has 2 N–H and O–H groups in total. The molecule has 1 heterocycles. The van der Waals surface area contributed by atoms with Crippen molar-refractivity contribution in [2.45, 2.75) is 56.4 Å². The molecule has 2 aliphatic rings. The molecule has 0 radical (unpaired) electrons. The molecule has 0 aliphatic heterocycles. The molecule has 5 nitrogen and oxygen atoms in total. The summed E-state index contributed by atoms with van der Waals surface area (Å²) >= 11 is 0. The summed E-state index contributed by atoms with van der Waals surface area (Å²) in [5.41, 5.74) is 2.48. The van der Waals surface area contributed by atoms with Gasteiger partial charge in [-0.25, -0.2) is 13.1 Å². The third-order valence-corrected chi connectivity index (χ3v) is 6.66. The van der Waals surface area contributed by atoms with E-state index in [1.54, 1.807) is 6.20 Å². The molecule has 25 heavy (non-hydrogen) atoms. The van der Waals surface area contributed by atoms with Crippen molar-refractivity contribution in [2.75, 3.05) is 6.54 Å². The van der Waals surface area contributed by atoms with E-state index in [0.717, 1.165) is 40.4 Å². The highest BCUT2D eigenvalue weighted by molar-refractivity contribution is 7.89. The molecule has 0 saturated heterocycles. The van der Waals surface area contributed by atoms with E-state index in [1.807, 2.05) is 26.0 Å². The number of nitrogens with zero attached hydrogens (tertiary/aromatic N) is 1. The third-order valence-electron chi connectivity index (χ3n) is 5.11. The lowest BCUT2D eigenvalue weighted by molar-refractivity contribution is 0.180. The average Bonchev–Trinajstić information content (AvgIpc) is 3.35. The van der Waals surface area contributed by atoms with Crippen molar-refractivity contribution in [1.29, 1.82) is 0 Å². The van der Waals surface area contributed by atoms with Gasteiger partial charge in [-0.2, -0.15) is 0 Å². The lowest BCUT2D eigenvalue weighted by Crippen LogP contribution is -2.28. The fourth-order valence-corrected chi connectivity index (χ4v) is 5.30. The van der Waals surface area contributed by atoms with Gasteiger partial charge in [-0.15, -0.1) is 0 Å². The van der Waals surface area contributed by atoms with Crippen LogP contribution in [0.15, 0.2) is 23.2 Å². The van der Waals surface area contributed by atoms with Gasteiger partial charge in [-0.05, 0) is 54.9 Å². The van der Waals surface area contributed by atoms with Gasteiger partial charge in [0.1, 0.15) is 0 Å². The monoisotopic (exact) mass is 360 g/mol. The van der Waals surface area contributed by atoms with Crippen LogP contribution in [0.5, 0.6) is 0 Å². The summed E-state index contributed by atoms with van der Waals surface area (Å²) in [5, 5.41) is 11.8. The van der Waals surface area contributed by atoms with Crippen LogP contribution in [0.2, 0.25) is 0 Å². The molecule has 1 fully saturated rings. The Morgan fingerprint density at radius 1 is 1.28 bits per heavy atom. The van der Waals surface area contributed by atoms with E-state index < -0.39 is 16.1 Å². The second-order valence-electron chi connectivity index (χ2n) is 7.68. The van der Waals surface area contributed by atoms with E-state index in [1.165, 1.54) is 0 Å². The number of sulfonamides is 1. The van der Waals surface area contributed by atoms with Crippen LogP contribution >= 0.6 is 0 Å². The summed E-state index contributed by atoms with van der Waals surface area (Å²) < 4.78 is 28.9. The first-order valence-corrected chi connectivity index (χ1v) is 10.5. The smallest absolute Gasteiger partial charge is 0.241 e. The first-order valence-electron chi connectivity index (χ1n) is 9.00. The van der Waals surface area contributed by atoms with Crippen molar-refractivity contribution in [3.63, 3.8) is 0 Å². The Balaban J connectivity index is 1.94. The van der Waals surface area contributed by atoms with Crippen molar-refractivity contribution in [3.05, 3.63) is 35.2 Å². The molecule has 0 spiro atoms. The second-order valence-corrected chi connectivity index (χ2v) is 9.38. The number of aromatic nitrogens is 1. The van der Waals surface area contributed by atoms with Crippen LogP contribution in [0.1, 0.15) is 62.0 Å². The fourth-order valence-electron chi connectivity index (χ4n) is 3.59. The summed E-state index contributed by atoms with van der Waals surface area (Å²) in [4.78, 5) is 4.87. The second kappa shape index (κ2) is 6.04. The topological polar surface area (TPSA) is 79.3 Å². The predicted octanol–water partition coefficient (Wildman–Crippen LogP) is 3.03. The number of hydrogen-bond acceptors (Lipinski definition) is 4. The standard InChI is InChI=1S/C19H24N2O3S/c1-11(2)9-21-25(23,24)19-14-5-6-18(22)16(14)7-13-10-20-17(8-15(13)19)12-3-4-12/h7-8,10-12,18,21-22H,3-6,9H2,1-2H3. The molecule has 0 bridgehead atoms. The molecule has 0 amide bonds. The van der Waals surface area contributed by atoms with Gasteiger partial charge in [0, 0.05) is 35.1 Å². The Hall–Kier alpha value is -1.50. The van der Waals surface area contributed by atoms with Crippen LogP contribution in [0.25, 0.3) is 10.8 Å². The first kappa shape index (κ1) is 16.9. The lowest BCUT2D eigenvalue weighted by Gasteiger charge is -2.16. The lowest BCUT2D eigenvalue weighted by atomic mass is 10.0. The minimum Gasteiger partial charge on any atom is -0.388 e. The third kappa shape index (κ3) is 3.07. The zero-order valence-corrected chi connectivity index (χ0v) is 15.4. The van der Waals surface area contributed by atoms with Crippen molar-refractivity contribution in [1.82, 2.24) is 9.71 Å². The molecular weight excluding hydrogens is 336 g/mol. The maximum absolute atomic E-state index is 13.1. The SMILES string of the molecule is CC(C)CNS(=O)(=O)c1c2c(cc3cnc(C4CC4)cc13)C(O)CC2. The molecule has 6 heteroatoms. The van der Waals surface area contributed by atoms with Crippen LogP contribution in [0.4, 0.5) is 0 Å². The van der Waals surface area contributed by atoms with Gasteiger partial charge in [-0.1, -0.05) is 13.8 Å². The van der Waals surface area contributed by atoms with Crippen molar-refractivity contribution >= 4 is 20.8 Å². The van der Waals surface area contributed by atoms with E-state index >= 15 is 0 Å². The summed E-state index contributed by atoms with van der Waals surface area (Å²) in [7, 11) is -3.64. The van der Waals surface area contributed by atoms with Crippen molar-refractivity contribution in [3.8, 4) is 0 Å². The average molecular weight is 360 g/mol. The Kier molecular flexibility index (Phi) is 4.09.